The van der Waals surface area contributed by atoms with Gasteiger partial charge in [0.1, 0.15) is 6.10 Å². The molecule has 0 heterocycles. The molecule has 6 atom stereocenters. The lowest BCUT2D eigenvalue weighted by atomic mass is 9.57. The van der Waals surface area contributed by atoms with Gasteiger partial charge in [0.15, 0.2) is 0 Å². The number of hydrogen-bond acceptors (Lipinski definition) is 4. The Hall–Kier alpha value is -1.86. The first-order valence-corrected chi connectivity index (χ1v) is 11.1. The second-order valence-corrected chi connectivity index (χ2v) is 9.34. The zero-order chi connectivity index (χ0) is 23.7. The molecule has 0 aromatic heterocycles. The van der Waals surface area contributed by atoms with Crippen molar-refractivity contribution in [2.45, 2.75) is 65.0 Å². The zero-order valence-corrected chi connectivity index (χ0v) is 19.0. The van der Waals surface area contributed by atoms with Crippen LogP contribution in [0.25, 0.3) is 0 Å². The van der Waals surface area contributed by atoms with Crippen LogP contribution in [-0.2, 0) is 22.3 Å². The molecule has 0 unspecified atom stereocenters. The number of carbonyl (C=O) groups is 1. The smallest absolute Gasteiger partial charge is 0.416 e. The minimum Gasteiger partial charge on any atom is -0.457 e. The largest absolute Gasteiger partial charge is 0.457 e. The first kappa shape index (κ1) is 24.8. The lowest BCUT2D eigenvalue weighted by molar-refractivity contribution is -0.148. The van der Waals surface area contributed by atoms with Gasteiger partial charge in [-0.05, 0) is 67.3 Å². The maximum atomic E-state index is 12.7. The van der Waals surface area contributed by atoms with Crippen LogP contribution >= 0.6 is 0 Å². The van der Waals surface area contributed by atoms with Crippen LogP contribution in [-0.4, -0.2) is 29.3 Å². The number of nitrogens with one attached hydrogen (secondary N) is 1. The highest BCUT2D eigenvalue weighted by molar-refractivity contribution is 5.66. The monoisotopic (exact) mass is 451 g/mol. The summed E-state index contributed by atoms with van der Waals surface area (Å²) in [6, 6.07) is 5.19. The van der Waals surface area contributed by atoms with Gasteiger partial charge in [-0.3, -0.25) is 4.79 Å². The van der Waals surface area contributed by atoms with E-state index in [4.69, 9.17) is 4.74 Å². The van der Waals surface area contributed by atoms with Crippen molar-refractivity contribution in [1.82, 2.24) is 5.32 Å². The summed E-state index contributed by atoms with van der Waals surface area (Å²) in [5.41, 5.74) is -0.147. The molecule has 2 aliphatic rings. The topological polar surface area (TPSA) is 58.6 Å². The van der Waals surface area contributed by atoms with Crippen LogP contribution in [0.4, 0.5) is 13.2 Å². The van der Waals surface area contributed by atoms with Gasteiger partial charge in [0.05, 0.1) is 17.6 Å². The second kappa shape index (κ2) is 9.56. The molecule has 32 heavy (non-hydrogen) atoms. The van der Waals surface area contributed by atoms with Gasteiger partial charge >= 0.3 is 12.1 Å². The molecule has 0 bridgehead atoms. The van der Waals surface area contributed by atoms with Gasteiger partial charge in [-0.25, -0.2) is 0 Å². The number of benzene rings is 1. The fourth-order valence-electron chi connectivity index (χ4n) is 5.01. The number of ether oxygens (including phenoxy) is 1. The molecule has 2 aliphatic carbocycles. The van der Waals surface area contributed by atoms with Gasteiger partial charge < -0.3 is 15.2 Å². The molecule has 4 nitrogen and oxygen atoms in total. The number of aliphatic hydroxyl groups is 1. The van der Waals surface area contributed by atoms with Crippen LogP contribution in [0.2, 0.25) is 0 Å². The van der Waals surface area contributed by atoms with Gasteiger partial charge in [0.2, 0.25) is 0 Å². The van der Waals surface area contributed by atoms with Crippen LogP contribution in [0.3, 0.4) is 0 Å². The molecule has 1 saturated carbocycles. The number of halogens is 3. The van der Waals surface area contributed by atoms with Crippen LogP contribution in [0, 0.1) is 30.1 Å². The predicted octanol–water partition coefficient (Wildman–Crippen LogP) is 4.80. The van der Waals surface area contributed by atoms with Gasteiger partial charge in [0.25, 0.3) is 0 Å². The van der Waals surface area contributed by atoms with E-state index in [1.165, 1.54) is 19.1 Å². The van der Waals surface area contributed by atoms with Crippen molar-refractivity contribution in [2.24, 2.45) is 23.7 Å². The quantitative estimate of drug-likeness (QED) is 0.482. The Morgan fingerprint density at radius 3 is 2.56 bits per heavy atom. The van der Waals surface area contributed by atoms with Crippen molar-refractivity contribution in [3.63, 3.8) is 0 Å². The molecular weight excluding hydrogens is 419 g/mol. The standard InChI is InChI=1S/C25H32F3NO3/c1-15-11-22-21(10-5-17(3)24(22,31)12-23(15)32-18(4)30)16(2)13-29-14-19-6-8-20(9-7-19)25(26,27)28/h6-9,11,16-17,21-23,29,31H,5,10,13-14H2,1-4H3/t16-,17-,21+,22-,23-,24-/m1/s1. The molecule has 0 amide bonds. The molecule has 2 radical (unpaired) electrons. The number of rotatable bonds is 6. The minimum absolute atomic E-state index is 0.00142. The van der Waals surface area contributed by atoms with E-state index in [0.29, 0.717) is 13.1 Å². The molecule has 0 aliphatic heterocycles. The molecular formula is C25H32F3NO3. The van der Waals surface area contributed by atoms with Gasteiger partial charge in [0, 0.05) is 19.4 Å². The Balaban J connectivity index is 1.64. The predicted molar refractivity (Wildman–Crippen MR) is 115 cm³/mol. The molecule has 0 spiro atoms. The molecule has 1 aromatic carbocycles. The van der Waals surface area contributed by atoms with Crippen LogP contribution in [0.15, 0.2) is 35.9 Å². The van der Waals surface area contributed by atoms with E-state index in [9.17, 15) is 23.1 Å². The van der Waals surface area contributed by atoms with Crippen molar-refractivity contribution in [2.75, 3.05) is 6.54 Å². The summed E-state index contributed by atoms with van der Waals surface area (Å²) >= 11 is 0. The molecule has 0 saturated heterocycles. The average Bonchev–Trinajstić information content (AvgIpc) is 2.70. The van der Waals surface area contributed by atoms with Gasteiger partial charge in [-0.1, -0.05) is 32.1 Å². The fraction of sp³-hybridized carbons (Fsp3) is 0.600. The van der Waals surface area contributed by atoms with Gasteiger partial charge in [-0.2, -0.15) is 13.2 Å². The number of fused-ring (bicyclic) bond motifs is 1. The Labute approximate surface area is 188 Å². The molecule has 7 heteroatoms. The van der Waals surface area contributed by atoms with E-state index in [0.717, 1.165) is 36.1 Å². The lowest BCUT2D eigenvalue weighted by Gasteiger charge is -2.52. The first-order valence-electron chi connectivity index (χ1n) is 11.1. The van der Waals surface area contributed by atoms with Gasteiger partial charge in [-0.15, -0.1) is 0 Å². The normalized spacial score (nSPS) is 31.4. The van der Waals surface area contributed by atoms with Crippen molar-refractivity contribution in [3.8, 4) is 0 Å². The highest BCUT2D eigenvalue weighted by Gasteiger charge is 2.53. The maximum absolute atomic E-state index is 12.7. The highest BCUT2D eigenvalue weighted by atomic mass is 19.4. The van der Waals surface area contributed by atoms with E-state index >= 15 is 0 Å². The highest BCUT2D eigenvalue weighted by Crippen LogP contribution is 2.50. The van der Waals surface area contributed by atoms with Crippen LogP contribution < -0.4 is 5.32 Å². The third-order valence-corrected chi connectivity index (χ3v) is 6.96. The van der Waals surface area contributed by atoms with Crippen LogP contribution in [0.1, 0.15) is 51.7 Å². The SMILES string of the molecule is CC(=O)O[C@@H]1[C][C@@]2(O)[C@H](C)CC[C@@H]([C@H](C)CNCc3ccc(C(F)(F)F)cc3)[C@H]2C=C1C. The fourth-order valence-corrected chi connectivity index (χ4v) is 5.01. The van der Waals surface area contributed by atoms with E-state index in [-0.39, 0.29) is 23.7 Å². The Morgan fingerprint density at radius 2 is 1.97 bits per heavy atom. The summed E-state index contributed by atoms with van der Waals surface area (Å²) in [5.74, 6) is -0.0980. The first-order chi connectivity index (χ1) is 14.9. The number of carbonyl (C=O) groups excluding carboxylic acids is 1. The van der Waals surface area contributed by atoms with Crippen molar-refractivity contribution in [3.05, 3.63) is 53.5 Å². The maximum Gasteiger partial charge on any atom is 0.416 e. The average molecular weight is 452 g/mol. The van der Waals surface area contributed by atoms with Crippen molar-refractivity contribution < 1.29 is 27.8 Å². The molecule has 2 N–H and O–H groups in total. The summed E-state index contributed by atoms with van der Waals surface area (Å²) < 4.78 is 43.5. The second-order valence-electron chi connectivity index (χ2n) is 9.34. The Morgan fingerprint density at radius 1 is 1.31 bits per heavy atom. The summed E-state index contributed by atoms with van der Waals surface area (Å²) in [5, 5.41) is 14.9. The summed E-state index contributed by atoms with van der Waals surface area (Å²) in [6.45, 7) is 8.52. The summed E-state index contributed by atoms with van der Waals surface area (Å²) in [6.07, 6.45) is 2.05. The summed E-state index contributed by atoms with van der Waals surface area (Å²) in [7, 11) is 0. The van der Waals surface area contributed by atoms with Crippen molar-refractivity contribution in [1.29, 1.82) is 0 Å². The number of esters is 1. The van der Waals surface area contributed by atoms with E-state index in [2.05, 4.69) is 18.7 Å². The third-order valence-electron chi connectivity index (χ3n) is 6.96. The number of alkyl halides is 3. The lowest BCUT2D eigenvalue weighted by Crippen LogP contribution is -2.56. The molecule has 3 rings (SSSR count). The summed E-state index contributed by atoms with van der Waals surface area (Å²) in [4.78, 5) is 11.4. The Bertz CT molecular complexity index is 836. The Kier molecular flexibility index (Phi) is 7.40. The van der Waals surface area contributed by atoms with E-state index in [1.807, 2.05) is 19.9 Å². The molecule has 1 aromatic rings. The third kappa shape index (κ3) is 5.37. The van der Waals surface area contributed by atoms with E-state index < -0.39 is 29.4 Å². The number of hydrogen-bond donors (Lipinski definition) is 2. The molecule has 1 fully saturated rings. The zero-order valence-electron chi connectivity index (χ0n) is 19.0. The minimum atomic E-state index is -4.33. The van der Waals surface area contributed by atoms with E-state index in [1.54, 1.807) is 0 Å². The molecule has 176 valence electrons. The van der Waals surface area contributed by atoms with Crippen molar-refractivity contribution >= 4 is 5.97 Å². The van der Waals surface area contributed by atoms with Crippen LogP contribution in [0.5, 0.6) is 0 Å².